The predicted molar refractivity (Wildman–Crippen MR) is 109 cm³/mol. The first-order valence-electron chi connectivity index (χ1n) is 9.68. The van der Waals surface area contributed by atoms with E-state index in [1.165, 1.54) is 11.5 Å². The van der Waals surface area contributed by atoms with Gasteiger partial charge in [-0.3, -0.25) is 23.8 Å². The van der Waals surface area contributed by atoms with Gasteiger partial charge in [0.15, 0.2) is 0 Å². The molecule has 1 saturated heterocycles. The molecule has 29 heavy (non-hydrogen) atoms. The van der Waals surface area contributed by atoms with Crippen LogP contribution >= 0.6 is 0 Å². The third kappa shape index (κ3) is 3.55. The number of carbonyl (C=O) groups is 2. The number of para-hydroxylation sites is 2. The van der Waals surface area contributed by atoms with Crippen LogP contribution in [-0.4, -0.2) is 49.1 Å². The third-order valence-corrected chi connectivity index (χ3v) is 5.51. The number of H-pyrrole nitrogens is 1. The molecule has 1 aliphatic heterocycles. The molecule has 0 saturated carbocycles. The van der Waals surface area contributed by atoms with Crippen LogP contribution in [-0.2, 0) is 23.2 Å². The van der Waals surface area contributed by atoms with Crippen LogP contribution in [0.2, 0.25) is 0 Å². The number of hydrogen-bond acceptors (Lipinski definition) is 4. The lowest BCUT2D eigenvalue weighted by atomic mass is 9.94. The summed E-state index contributed by atoms with van der Waals surface area (Å²) in [5, 5.41) is 9.79. The summed E-state index contributed by atoms with van der Waals surface area (Å²) in [6.07, 6.45) is 3.33. The fourth-order valence-electron chi connectivity index (χ4n) is 4.09. The molecule has 3 heterocycles. The van der Waals surface area contributed by atoms with E-state index in [0.717, 1.165) is 29.6 Å². The quantitative estimate of drug-likeness (QED) is 0.696. The maximum absolute atomic E-state index is 13.0. The zero-order chi connectivity index (χ0) is 20.5. The Morgan fingerprint density at radius 2 is 2.03 bits per heavy atom. The van der Waals surface area contributed by atoms with Gasteiger partial charge in [-0.05, 0) is 25.0 Å². The second-order valence-electron chi connectivity index (χ2n) is 7.47. The molecule has 9 nitrogen and oxygen atoms in total. The third-order valence-electron chi connectivity index (χ3n) is 5.51. The summed E-state index contributed by atoms with van der Waals surface area (Å²) in [6.45, 7) is 2.63. The number of nitrogens with zero attached hydrogens (tertiary/aromatic N) is 4. The van der Waals surface area contributed by atoms with Gasteiger partial charge in [0.2, 0.25) is 11.8 Å². The largest absolute Gasteiger partial charge is 0.340 e. The van der Waals surface area contributed by atoms with Gasteiger partial charge in [-0.25, -0.2) is 4.79 Å². The van der Waals surface area contributed by atoms with Crippen LogP contribution in [0.5, 0.6) is 0 Å². The van der Waals surface area contributed by atoms with E-state index in [9.17, 15) is 14.4 Å². The Balaban J connectivity index is 1.53. The summed E-state index contributed by atoms with van der Waals surface area (Å²) >= 11 is 0. The van der Waals surface area contributed by atoms with E-state index in [1.807, 2.05) is 24.3 Å². The fraction of sp³-hybridized carbons (Fsp3) is 0.400. The van der Waals surface area contributed by atoms with Crippen molar-refractivity contribution in [2.24, 2.45) is 7.05 Å². The molecule has 1 unspecified atom stereocenters. The Bertz CT molecular complexity index is 1120. The lowest BCUT2D eigenvalue weighted by molar-refractivity contribution is -0.133. The number of aromatic nitrogens is 4. The van der Waals surface area contributed by atoms with Gasteiger partial charge in [0, 0.05) is 33.0 Å². The number of fused-ring (bicyclic) bond motifs is 1. The Kier molecular flexibility index (Phi) is 4.96. The summed E-state index contributed by atoms with van der Waals surface area (Å²) in [6, 6.07) is 7.46. The second-order valence-corrected chi connectivity index (χ2v) is 7.47. The molecular weight excluding hydrogens is 372 g/mol. The number of piperidine rings is 1. The van der Waals surface area contributed by atoms with Crippen molar-refractivity contribution in [2.75, 3.05) is 18.4 Å². The van der Waals surface area contributed by atoms with Crippen LogP contribution in [0, 0.1) is 0 Å². The van der Waals surface area contributed by atoms with E-state index in [4.69, 9.17) is 0 Å². The van der Waals surface area contributed by atoms with Gasteiger partial charge in [0.05, 0.1) is 28.6 Å². The van der Waals surface area contributed by atoms with Crippen molar-refractivity contribution >= 4 is 28.5 Å². The van der Waals surface area contributed by atoms with Gasteiger partial charge in [0.1, 0.15) is 6.54 Å². The molecule has 0 aliphatic carbocycles. The highest BCUT2D eigenvalue weighted by molar-refractivity contribution is 5.89. The number of carbonyl (C=O) groups excluding carboxylic acids is 2. The lowest BCUT2D eigenvalue weighted by Crippen LogP contribution is -2.42. The minimum atomic E-state index is -0.199. The first kappa shape index (κ1) is 19.0. The molecule has 1 aromatic carbocycles. The molecule has 1 atom stereocenters. The van der Waals surface area contributed by atoms with E-state index in [-0.39, 0.29) is 30.0 Å². The molecule has 9 heteroatoms. The van der Waals surface area contributed by atoms with Crippen molar-refractivity contribution < 1.29 is 9.59 Å². The number of likely N-dealkylation sites (tertiary alicyclic amines) is 1. The van der Waals surface area contributed by atoms with Crippen LogP contribution in [0.15, 0.2) is 35.3 Å². The summed E-state index contributed by atoms with van der Waals surface area (Å²) in [5.74, 6) is -0.193. The second kappa shape index (κ2) is 7.57. The molecule has 4 rings (SSSR count). The number of anilines is 1. The van der Waals surface area contributed by atoms with E-state index in [0.29, 0.717) is 18.8 Å². The Morgan fingerprint density at radius 3 is 2.79 bits per heavy atom. The predicted octanol–water partition coefficient (Wildman–Crippen LogP) is 1.43. The number of benzene rings is 1. The summed E-state index contributed by atoms with van der Waals surface area (Å²) in [7, 11) is 1.71. The fourth-order valence-corrected chi connectivity index (χ4v) is 4.09. The zero-order valence-electron chi connectivity index (χ0n) is 16.5. The number of hydrogen-bond donors (Lipinski definition) is 2. The number of nitrogens with one attached hydrogen (secondary N) is 2. The molecule has 0 bridgehead atoms. The highest BCUT2D eigenvalue weighted by atomic mass is 16.2. The molecule has 2 N–H and O–H groups in total. The van der Waals surface area contributed by atoms with Crippen LogP contribution in [0.4, 0.5) is 5.69 Å². The smallest absolute Gasteiger partial charge is 0.329 e. The summed E-state index contributed by atoms with van der Waals surface area (Å²) in [5.41, 5.74) is 2.85. The van der Waals surface area contributed by atoms with Gasteiger partial charge in [-0.1, -0.05) is 12.1 Å². The maximum Gasteiger partial charge on any atom is 0.329 e. The minimum absolute atomic E-state index is 0.00837. The van der Waals surface area contributed by atoms with Gasteiger partial charge >= 0.3 is 5.69 Å². The zero-order valence-corrected chi connectivity index (χ0v) is 16.5. The van der Waals surface area contributed by atoms with Crippen molar-refractivity contribution in [3.05, 3.63) is 46.6 Å². The SMILES string of the molecule is CC(=O)Nc1cn[nH]c1C1CCCN(C(=O)Cn2c(=O)n(C)c3ccccc32)C1. The highest BCUT2D eigenvalue weighted by Crippen LogP contribution is 2.30. The average molecular weight is 396 g/mol. The normalized spacial score (nSPS) is 16.9. The van der Waals surface area contributed by atoms with Crippen LogP contribution in [0.25, 0.3) is 11.0 Å². The Hall–Kier alpha value is -3.36. The van der Waals surface area contributed by atoms with Crippen molar-refractivity contribution in [1.82, 2.24) is 24.2 Å². The number of rotatable bonds is 4. The first-order chi connectivity index (χ1) is 14.0. The van der Waals surface area contributed by atoms with Crippen molar-refractivity contribution in [1.29, 1.82) is 0 Å². The standard InChI is InChI=1S/C20H24N6O3/c1-13(27)22-15-10-21-23-19(15)14-6-5-9-25(11-14)18(28)12-26-17-8-4-3-7-16(17)24(2)20(26)29/h3-4,7-8,10,14H,5-6,9,11-12H2,1-2H3,(H,21,23)(H,22,27). The van der Waals surface area contributed by atoms with Crippen LogP contribution in [0.3, 0.4) is 0 Å². The number of aromatic amines is 1. The molecular formula is C20H24N6O3. The summed E-state index contributed by atoms with van der Waals surface area (Å²) < 4.78 is 3.09. The number of amides is 2. The average Bonchev–Trinajstić information content (AvgIpc) is 3.26. The van der Waals surface area contributed by atoms with Gasteiger partial charge in [-0.15, -0.1) is 0 Å². The van der Waals surface area contributed by atoms with E-state index < -0.39 is 0 Å². The molecule has 152 valence electrons. The van der Waals surface area contributed by atoms with E-state index in [1.54, 1.807) is 22.7 Å². The van der Waals surface area contributed by atoms with Gasteiger partial charge in [0.25, 0.3) is 0 Å². The molecule has 0 spiro atoms. The Morgan fingerprint density at radius 1 is 1.28 bits per heavy atom. The molecule has 3 aromatic rings. The highest BCUT2D eigenvalue weighted by Gasteiger charge is 2.28. The minimum Gasteiger partial charge on any atom is -0.340 e. The number of aryl methyl sites for hydroxylation is 1. The van der Waals surface area contributed by atoms with Gasteiger partial charge in [-0.2, -0.15) is 5.10 Å². The van der Waals surface area contributed by atoms with Gasteiger partial charge < -0.3 is 10.2 Å². The first-order valence-corrected chi connectivity index (χ1v) is 9.68. The van der Waals surface area contributed by atoms with Crippen molar-refractivity contribution in [3.63, 3.8) is 0 Å². The maximum atomic E-state index is 13.0. The van der Waals surface area contributed by atoms with E-state index in [2.05, 4.69) is 15.5 Å². The molecule has 2 amide bonds. The van der Waals surface area contributed by atoms with Crippen molar-refractivity contribution in [3.8, 4) is 0 Å². The molecule has 1 aliphatic rings. The van der Waals surface area contributed by atoms with Crippen LogP contribution < -0.4 is 11.0 Å². The molecule has 0 radical (unpaired) electrons. The Labute approximate surface area is 167 Å². The molecule has 1 fully saturated rings. The lowest BCUT2D eigenvalue weighted by Gasteiger charge is -2.32. The monoisotopic (exact) mass is 396 g/mol. The molecule has 2 aromatic heterocycles. The van der Waals surface area contributed by atoms with Crippen molar-refractivity contribution in [2.45, 2.75) is 32.2 Å². The number of imidazole rings is 1. The van der Waals surface area contributed by atoms with E-state index >= 15 is 0 Å². The summed E-state index contributed by atoms with van der Waals surface area (Å²) in [4.78, 5) is 38.8. The topological polar surface area (TPSA) is 105 Å². The van der Waals surface area contributed by atoms with Crippen LogP contribution in [0.1, 0.15) is 31.4 Å².